The molecule has 0 saturated carbocycles. The SMILES string of the molecule is CCCCCN1C(=O)CCC(C(=O)O)C1c1ccccc1. The van der Waals surface area contributed by atoms with Crippen molar-refractivity contribution >= 4 is 11.9 Å². The molecule has 1 saturated heterocycles. The minimum Gasteiger partial charge on any atom is -0.481 e. The van der Waals surface area contributed by atoms with E-state index in [1.807, 2.05) is 30.3 Å². The molecule has 0 radical (unpaired) electrons. The van der Waals surface area contributed by atoms with Crippen LogP contribution < -0.4 is 0 Å². The zero-order valence-corrected chi connectivity index (χ0v) is 12.5. The smallest absolute Gasteiger partial charge is 0.308 e. The fourth-order valence-corrected chi connectivity index (χ4v) is 3.07. The van der Waals surface area contributed by atoms with Crippen LogP contribution in [0.1, 0.15) is 50.6 Å². The van der Waals surface area contributed by atoms with Crippen molar-refractivity contribution in [3.8, 4) is 0 Å². The summed E-state index contributed by atoms with van der Waals surface area (Å²) in [6.45, 7) is 2.77. The summed E-state index contributed by atoms with van der Waals surface area (Å²) in [7, 11) is 0. The number of amides is 1. The van der Waals surface area contributed by atoms with Crippen molar-refractivity contribution in [2.45, 2.75) is 45.1 Å². The predicted octanol–water partition coefficient (Wildman–Crippen LogP) is 3.24. The molecule has 2 rings (SSSR count). The molecule has 1 fully saturated rings. The molecule has 4 heteroatoms. The van der Waals surface area contributed by atoms with E-state index < -0.39 is 11.9 Å². The Morgan fingerprint density at radius 2 is 2.00 bits per heavy atom. The van der Waals surface area contributed by atoms with E-state index in [1.165, 1.54) is 0 Å². The van der Waals surface area contributed by atoms with Crippen LogP contribution in [0.15, 0.2) is 30.3 Å². The number of carbonyl (C=O) groups excluding carboxylic acids is 1. The molecule has 0 bridgehead atoms. The Balaban J connectivity index is 2.27. The second-order valence-electron chi connectivity index (χ2n) is 5.63. The molecule has 1 aliphatic heterocycles. The molecule has 114 valence electrons. The van der Waals surface area contributed by atoms with Gasteiger partial charge in [-0.1, -0.05) is 50.1 Å². The van der Waals surface area contributed by atoms with Crippen LogP contribution in [-0.2, 0) is 9.59 Å². The zero-order valence-electron chi connectivity index (χ0n) is 12.5. The van der Waals surface area contributed by atoms with Crippen molar-refractivity contribution < 1.29 is 14.7 Å². The molecule has 1 aliphatic rings. The normalized spacial score (nSPS) is 22.3. The van der Waals surface area contributed by atoms with Crippen molar-refractivity contribution in [3.05, 3.63) is 35.9 Å². The first-order valence-electron chi connectivity index (χ1n) is 7.72. The quantitative estimate of drug-likeness (QED) is 0.818. The summed E-state index contributed by atoms with van der Waals surface area (Å²) in [5, 5.41) is 9.51. The van der Waals surface area contributed by atoms with Gasteiger partial charge in [0.25, 0.3) is 0 Å². The van der Waals surface area contributed by atoms with Gasteiger partial charge in [0.15, 0.2) is 0 Å². The molecule has 0 aromatic heterocycles. The minimum absolute atomic E-state index is 0.0810. The summed E-state index contributed by atoms with van der Waals surface area (Å²) < 4.78 is 0. The van der Waals surface area contributed by atoms with Gasteiger partial charge in [0.2, 0.25) is 5.91 Å². The Bertz CT molecular complexity index is 486. The lowest BCUT2D eigenvalue weighted by Gasteiger charge is -2.40. The van der Waals surface area contributed by atoms with E-state index in [0.29, 0.717) is 19.4 Å². The van der Waals surface area contributed by atoms with Gasteiger partial charge >= 0.3 is 5.97 Å². The number of carboxylic acids is 1. The van der Waals surface area contributed by atoms with Crippen LogP contribution in [0.4, 0.5) is 0 Å². The molecular formula is C17H23NO3. The maximum absolute atomic E-state index is 12.3. The highest BCUT2D eigenvalue weighted by atomic mass is 16.4. The summed E-state index contributed by atoms with van der Waals surface area (Å²) in [5.41, 5.74) is 0.925. The number of piperidine rings is 1. The second-order valence-corrected chi connectivity index (χ2v) is 5.63. The predicted molar refractivity (Wildman–Crippen MR) is 80.8 cm³/mol. The average Bonchev–Trinajstić information content (AvgIpc) is 2.49. The van der Waals surface area contributed by atoms with E-state index >= 15 is 0 Å². The lowest BCUT2D eigenvalue weighted by atomic mass is 9.84. The van der Waals surface area contributed by atoms with Gasteiger partial charge in [0.1, 0.15) is 0 Å². The first-order chi connectivity index (χ1) is 10.1. The Morgan fingerprint density at radius 1 is 1.29 bits per heavy atom. The van der Waals surface area contributed by atoms with Gasteiger partial charge in [0, 0.05) is 13.0 Å². The lowest BCUT2D eigenvalue weighted by molar-refractivity contribution is -0.152. The number of rotatable bonds is 6. The molecule has 4 nitrogen and oxygen atoms in total. The first kappa shape index (κ1) is 15.5. The standard InChI is InChI=1S/C17H23NO3/c1-2-3-7-12-18-15(19)11-10-14(17(20)21)16(18)13-8-5-4-6-9-13/h4-6,8-9,14,16H,2-3,7,10-12H2,1H3,(H,20,21). The minimum atomic E-state index is -0.808. The fourth-order valence-electron chi connectivity index (χ4n) is 3.07. The topological polar surface area (TPSA) is 57.6 Å². The summed E-state index contributed by atoms with van der Waals surface area (Å²) in [6, 6.07) is 9.22. The van der Waals surface area contributed by atoms with Crippen LogP contribution in [0.3, 0.4) is 0 Å². The van der Waals surface area contributed by atoms with Gasteiger partial charge in [-0.3, -0.25) is 9.59 Å². The first-order valence-corrected chi connectivity index (χ1v) is 7.72. The highest BCUT2D eigenvalue weighted by Crippen LogP contribution is 2.37. The van der Waals surface area contributed by atoms with Crippen molar-refractivity contribution in [1.82, 2.24) is 4.90 Å². The largest absolute Gasteiger partial charge is 0.481 e. The number of likely N-dealkylation sites (tertiary alicyclic amines) is 1. The van der Waals surface area contributed by atoms with E-state index in [4.69, 9.17) is 0 Å². The van der Waals surface area contributed by atoms with Gasteiger partial charge in [-0.2, -0.15) is 0 Å². The number of unbranched alkanes of at least 4 members (excludes halogenated alkanes) is 2. The molecule has 1 heterocycles. The number of benzene rings is 1. The van der Waals surface area contributed by atoms with Gasteiger partial charge in [-0.05, 0) is 18.4 Å². The lowest BCUT2D eigenvalue weighted by Crippen LogP contribution is -2.45. The Labute approximate surface area is 125 Å². The Morgan fingerprint density at radius 3 is 2.62 bits per heavy atom. The molecule has 2 atom stereocenters. The number of carboxylic acid groups (broad SMARTS) is 1. The second kappa shape index (κ2) is 7.25. The van der Waals surface area contributed by atoms with Gasteiger partial charge in [-0.25, -0.2) is 0 Å². The van der Waals surface area contributed by atoms with E-state index in [1.54, 1.807) is 4.90 Å². The molecule has 1 aromatic carbocycles. The molecule has 0 aliphatic carbocycles. The number of hydrogen-bond donors (Lipinski definition) is 1. The molecule has 0 spiro atoms. The zero-order chi connectivity index (χ0) is 15.2. The van der Waals surface area contributed by atoms with E-state index in [2.05, 4.69) is 6.92 Å². The van der Waals surface area contributed by atoms with Crippen LogP contribution in [0, 0.1) is 5.92 Å². The molecule has 1 N–H and O–H groups in total. The Kier molecular flexibility index (Phi) is 5.37. The Hall–Kier alpha value is -1.84. The van der Waals surface area contributed by atoms with Crippen molar-refractivity contribution in [2.75, 3.05) is 6.54 Å². The van der Waals surface area contributed by atoms with Crippen LogP contribution in [-0.4, -0.2) is 28.4 Å². The highest BCUT2D eigenvalue weighted by molar-refractivity contribution is 5.81. The van der Waals surface area contributed by atoms with E-state index in [-0.39, 0.29) is 11.9 Å². The van der Waals surface area contributed by atoms with Crippen LogP contribution in [0.25, 0.3) is 0 Å². The summed E-state index contributed by atoms with van der Waals surface area (Å²) in [4.78, 5) is 25.6. The van der Waals surface area contributed by atoms with Gasteiger partial charge in [0.05, 0.1) is 12.0 Å². The fraction of sp³-hybridized carbons (Fsp3) is 0.529. The molecule has 21 heavy (non-hydrogen) atoms. The van der Waals surface area contributed by atoms with Crippen LogP contribution >= 0.6 is 0 Å². The highest BCUT2D eigenvalue weighted by Gasteiger charge is 2.40. The van der Waals surface area contributed by atoms with Crippen molar-refractivity contribution in [2.24, 2.45) is 5.92 Å². The number of carbonyl (C=O) groups is 2. The number of aliphatic carboxylic acids is 1. The monoisotopic (exact) mass is 289 g/mol. The van der Waals surface area contributed by atoms with Crippen LogP contribution in [0.2, 0.25) is 0 Å². The third-order valence-corrected chi connectivity index (χ3v) is 4.17. The maximum atomic E-state index is 12.3. The van der Waals surface area contributed by atoms with Crippen molar-refractivity contribution in [1.29, 1.82) is 0 Å². The van der Waals surface area contributed by atoms with Gasteiger partial charge < -0.3 is 10.0 Å². The average molecular weight is 289 g/mol. The van der Waals surface area contributed by atoms with Crippen molar-refractivity contribution in [3.63, 3.8) is 0 Å². The molecule has 2 unspecified atom stereocenters. The number of hydrogen-bond acceptors (Lipinski definition) is 2. The number of nitrogens with zero attached hydrogens (tertiary/aromatic N) is 1. The third kappa shape index (κ3) is 3.63. The van der Waals surface area contributed by atoms with Crippen LogP contribution in [0.5, 0.6) is 0 Å². The summed E-state index contributed by atoms with van der Waals surface area (Å²) >= 11 is 0. The third-order valence-electron chi connectivity index (χ3n) is 4.17. The van der Waals surface area contributed by atoms with E-state index in [0.717, 1.165) is 24.8 Å². The molecular weight excluding hydrogens is 266 g/mol. The molecule has 1 aromatic rings. The maximum Gasteiger partial charge on any atom is 0.308 e. The van der Waals surface area contributed by atoms with E-state index in [9.17, 15) is 14.7 Å². The molecule has 1 amide bonds. The summed E-state index contributed by atoms with van der Waals surface area (Å²) in [6.07, 6.45) is 3.84. The summed E-state index contributed by atoms with van der Waals surface area (Å²) in [5.74, 6) is -1.24. The van der Waals surface area contributed by atoms with Gasteiger partial charge in [-0.15, -0.1) is 0 Å².